The predicted octanol–water partition coefficient (Wildman–Crippen LogP) is 2.85. The minimum atomic E-state index is -3.61. The highest BCUT2D eigenvalue weighted by Gasteiger charge is 2.18. The van der Waals surface area contributed by atoms with Gasteiger partial charge in [-0.3, -0.25) is 9.59 Å². The van der Waals surface area contributed by atoms with E-state index in [4.69, 9.17) is 25.9 Å². The van der Waals surface area contributed by atoms with E-state index in [0.717, 1.165) is 5.56 Å². The predicted molar refractivity (Wildman–Crippen MR) is 143 cm³/mol. The Balaban J connectivity index is 0.000000262. The molecule has 0 atom stereocenters. The Labute approximate surface area is 227 Å². The molecule has 5 rings (SSSR count). The fourth-order valence-corrected chi connectivity index (χ4v) is 4.15. The first-order valence-electron chi connectivity index (χ1n) is 10.7. The number of aromatic nitrogens is 3. The first kappa shape index (κ1) is 28.5. The minimum absolute atomic E-state index is 0. The van der Waals surface area contributed by atoms with Crippen molar-refractivity contribution in [3.05, 3.63) is 66.2 Å². The Kier molecular flexibility index (Phi) is 8.99. The minimum Gasteiger partial charge on any atom is -0.497 e. The molecule has 200 valence electrons. The molecule has 5 N–H and O–H groups in total. The third-order valence-corrected chi connectivity index (χ3v) is 6.55. The Morgan fingerprint density at radius 2 is 1.95 bits per heavy atom. The first-order valence-corrected chi connectivity index (χ1v) is 13.0. The summed E-state index contributed by atoms with van der Waals surface area (Å²) in [6.07, 6.45) is 2.87. The number of rotatable bonds is 5. The second-order valence-corrected chi connectivity index (χ2v) is 10.2. The van der Waals surface area contributed by atoms with Crippen LogP contribution < -0.4 is 25.8 Å². The molecule has 2 amide bonds. The zero-order chi connectivity index (χ0) is 26.6. The van der Waals surface area contributed by atoms with E-state index in [-0.39, 0.29) is 48.0 Å². The van der Waals surface area contributed by atoms with Gasteiger partial charge < -0.3 is 30.8 Å². The van der Waals surface area contributed by atoms with Crippen molar-refractivity contribution < 1.29 is 27.5 Å². The zero-order valence-electron chi connectivity index (χ0n) is 19.7. The number of H-pyrrole nitrogens is 1. The van der Waals surface area contributed by atoms with Crippen molar-refractivity contribution in [3.8, 4) is 11.5 Å². The maximum Gasteiger partial charge on any atom is 0.272 e. The standard InChI is InChI=1S/C16H14N6O3.C7H7ClO3S.ClH/c17-9-5-18-14-13(9)20-7-21-15(14)16(24)19-4-8-1-2-11-10(3-8)22-12(23)6-25-11;1-11-6-2-4-7(5-3-6)12(8,9)10;/h1-3,5,7,18H,4,6,17H2,(H,19,24)(H,22,23);2-5H,1H3;1H. The van der Waals surface area contributed by atoms with E-state index in [0.29, 0.717) is 33.9 Å². The van der Waals surface area contributed by atoms with Crippen LogP contribution in [0.4, 0.5) is 11.4 Å². The Morgan fingerprint density at radius 3 is 2.63 bits per heavy atom. The van der Waals surface area contributed by atoms with Gasteiger partial charge in [0.2, 0.25) is 0 Å². The van der Waals surface area contributed by atoms with Crippen LogP contribution >= 0.6 is 23.1 Å². The van der Waals surface area contributed by atoms with Gasteiger partial charge in [-0.15, -0.1) is 12.4 Å². The van der Waals surface area contributed by atoms with Gasteiger partial charge in [0.25, 0.3) is 20.9 Å². The van der Waals surface area contributed by atoms with Gasteiger partial charge in [-0.2, -0.15) is 0 Å². The number of aromatic amines is 1. The van der Waals surface area contributed by atoms with Crippen LogP contribution in [0.3, 0.4) is 0 Å². The number of anilines is 2. The van der Waals surface area contributed by atoms with Gasteiger partial charge in [0.1, 0.15) is 23.3 Å². The summed E-state index contributed by atoms with van der Waals surface area (Å²) in [4.78, 5) is 34.9. The molecule has 0 saturated carbocycles. The fraction of sp³-hybridized carbons (Fsp3) is 0.130. The van der Waals surface area contributed by atoms with Crippen molar-refractivity contribution in [2.24, 2.45) is 0 Å². The summed E-state index contributed by atoms with van der Waals surface area (Å²) in [5.74, 6) is 0.641. The lowest BCUT2D eigenvalue weighted by Crippen LogP contribution is -2.26. The van der Waals surface area contributed by atoms with Gasteiger partial charge in [-0.05, 0) is 42.0 Å². The number of halogens is 2. The van der Waals surface area contributed by atoms with E-state index < -0.39 is 9.05 Å². The number of amides is 2. The van der Waals surface area contributed by atoms with Crippen LogP contribution in [0, 0.1) is 0 Å². The highest BCUT2D eigenvalue weighted by molar-refractivity contribution is 8.13. The molecule has 0 bridgehead atoms. The molecule has 0 unspecified atom stereocenters. The number of fused-ring (bicyclic) bond motifs is 2. The monoisotopic (exact) mass is 580 g/mol. The molecule has 2 aromatic carbocycles. The SMILES string of the molecule is COc1ccc(S(=O)(=O)Cl)cc1.Cl.Nc1c[nH]c2c(C(=O)NCc3ccc4c(c3)NC(=O)CO4)ncnc12. The average Bonchev–Trinajstić information content (AvgIpc) is 3.27. The summed E-state index contributed by atoms with van der Waals surface area (Å²) in [5.41, 5.74) is 8.86. The van der Waals surface area contributed by atoms with Crippen LogP contribution in [0.15, 0.2) is 59.9 Å². The Bertz CT molecular complexity index is 1580. The molecule has 15 heteroatoms. The topological polar surface area (TPSA) is 178 Å². The number of carbonyl (C=O) groups is 2. The molecular formula is C23H22Cl2N6O6S. The number of nitrogens with one attached hydrogen (secondary N) is 3. The summed E-state index contributed by atoms with van der Waals surface area (Å²) < 4.78 is 31.7. The van der Waals surface area contributed by atoms with Crippen molar-refractivity contribution in [1.29, 1.82) is 0 Å². The number of hydrogen-bond acceptors (Lipinski definition) is 9. The normalized spacial score (nSPS) is 12.1. The van der Waals surface area contributed by atoms with E-state index in [9.17, 15) is 18.0 Å². The summed E-state index contributed by atoms with van der Waals surface area (Å²) in [7, 11) is 2.98. The lowest BCUT2D eigenvalue weighted by molar-refractivity contribution is -0.118. The van der Waals surface area contributed by atoms with Gasteiger partial charge >= 0.3 is 0 Å². The molecule has 0 fully saturated rings. The lowest BCUT2D eigenvalue weighted by atomic mass is 10.1. The van der Waals surface area contributed by atoms with Crippen LogP contribution in [0.25, 0.3) is 11.0 Å². The molecule has 0 spiro atoms. The maximum atomic E-state index is 12.4. The van der Waals surface area contributed by atoms with E-state index in [2.05, 4.69) is 25.6 Å². The quantitative estimate of drug-likeness (QED) is 0.258. The van der Waals surface area contributed by atoms with Gasteiger partial charge in [-0.1, -0.05) is 6.07 Å². The molecule has 1 aliphatic rings. The summed E-state index contributed by atoms with van der Waals surface area (Å²) in [6.45, 7) is 0.274. The van der Waals surface area contributed by atoms with Crippen molar-refractivity contribution in [1.82, 2.24) is 20.3 Å². The number of carbonyl (C=O) groups excluding carboxylic acids is 2. The second kappa shape index (κ2) is 12.0. The fourth-order valence-electron chi connectivity index (χ4n) is 3.38. The highest BCUT2D eigenvalue weighted by atomic mass is 35.7. The molecule has 0 saturated heterocycles. The number of ether oxygens (including phenoxy) is 2. The molecule has 0 aliphatic carbocycles. The van der Waals surface area contributed by atoms with Gasteiger partial charge in [0.15, 0.2) is 12.3 Å². The number of nitrogens with two attached hydrogens (primary N) is 1. The smallest absolute Gasteiger partial charge is 0.272 e. The van der Waals surface area contributed by atoms with Crippen LogP contribution in [0.1, 0.15) is 16.1 Å². The molecule has 4 aromatic rings. The maximum absolute atomic E-state index is 12.4. The number of hydrogen-bond donors (Lipinski definition) is 4. The number of benzene rings is 2. The molecular weight excluding hydrogens is 559 g/mol. The molecule has 0 radical (unpaired) electrons. The van der Waals surface area contributed by atoms with Crippen molar-refractivity contribution in [2.75, 3.05) is 24.8 Å². The zero-order valence-corrected chi connectivity index (χ0v) is 22.1. The molecule has 38 heavy (non-hydrogen) atoms. The van der Waals surface area contributed by atoms with Crippen molar-refractivity contribution in [3.63, 3.8) is 0 Å². The van der Waals surface area contributed by atoms with Crippen molar-refractivity contribution >= 4 is 66.4 Å². The summed E-state index contributed by atoms with van der Waals surface area (Å²) in [5, 5.41) is 5.52. The number of methoxy groups -OCH3 is 1. The van der Waals surface area contributed by atoms with Gasteiger partial charge in [0.05, 0.1) is 28.9 Å². The summed E-state index contributed by atoms with van der Waals surface area (Å²) in [6, 6.07) is 11.2. The third-order valence-electron chi connectivity index (χ3n) is 5.18. The largest absolute Gasteiger partial charge is 0.497 e. The van der Waals surface area contributed by atoms with Crippen LogP contribution in [0.5, 0.6) is 11.5 Å². The first-order chi connectivity index (χ1) is 17.7. The summed E-state index contributed by atoms with van der Waals surface area (Å²) >= 11 is 0. The van der Waals surface area contributed by atoms with E-state index in [1.165, 1.54) is 37.7 Å². The molecule has 3 heterocycles. The van der Waals surface area contributed by atoms with Crippen molar-refractivity contribution in [2.45, 2.75) is 11.4 Å². The Hall–Kier alpha value is -4.07. The number of nitrogens with zero attached hydrogens (tertiary/aromatic N) is 2. The van der Waals surface area contributed by atoms with Crippen LogP contribution in [-0.2, 0) is 20.4 Å². The third kappa shape index (κ3) is 6.62. The lowest BCUT2D eigenvalue weighted by Gasteiger charge is -2.18. The Morgan fingerprint density at radius 1 is 1.21 bits per heavy atom. The second-order valence-electron chi connectivity index (χ2n) is 7.65. The average molecular weight is 581 g/mol. The molecule has 1 aliphatic heterocycles. The van der Waals surface area contributed by atoms with Crippen LogP contribution in [-0.4, -0.2) is 48.9 Å². The number of nitrogen functional groups attached to an aromatic ring is 1. The van der Waals surface area contributed by atoms with E-state index in [1.54, 1.807) is 18.3 Å². The highest BCUT2D eigenvalue weighted by Crippen LogP contribution is 2.28. The van der Waals surface area contributed by atoms with Crippen LogP contribution in [0.2, 0.25) is 0 Å². The van der Waals surface area contributed by atoms with Gasteiger partial charge in [0, 0.05) is 23.4 Å². The molecule has 12 nitrogen and oxygen atoms in total. The van der Waals surface area contributed by atoms with Gasteiger partial charge in [-0.25, -0.2) is 18.4 Å². The van der Waals surface area contributed by atoms with E-state index >= 15 is 0 Å². The molecule has 2 aromatic heterocycles. The van der Waals surface area contributed by atoms with E-state index in [1.807, 2.05) is 6.07 Å².